The monoisotopic (exact) mass is 437 g/mol. The van der Waals surface area contributed by atoms with E-state index >= 15 is 0 Å². The smallest absolute Gasteiger partial charge is 0.225 e. The lowest BCUT2D eigenvalue weighted by atomic mass is 9.73. The molecule has 2 aromatic rings. The van der Waals surface area contributed by atoms with Crippen molar-refractivity contribution in [3.63, 3.8) is 0 Å². The maximum absolute atomic E-state index is 13.4. The van der Waals surface area contributed by atoms with E-state index in [0.29, 0.717) is 47.1 Å². The summed E-state index contributed by atoms with van der Waals surface area (Å²) in [7, 11) is 6.31. The Kier molecular flexibility index (Phi) is 6.08. The van der Waals surface area contributed by atoms with E-state index in [1.807, 2.05) is 30.3 Å². The molecule has 1 amide bonds. The molecule has 0 saturated carbocycles. The van der Waals surface area contributed by atoms with Crippen LogP contribution in [-0.4, -0.2) is 40.1 Å². The molecule has 0 spiro atoms. The van der Waals surface area contributed by atoms with Gasteiger partial charge in [0.25, 0.3) is 0 Å². The van der Waals surface area contributed by atoms with Gasteiger partial charge in [0.1, 0.15) is 0 Å². The minimum atomic E-state index is -0.373. The predicted octanol–water partition coefficient (Wildman–Crippen LogP) is 3.73. The molecule has 2 atom stereocenters. The molecule has 1 aliphatic heterocycles. The zero-order chi connectivity index (χ0) is 22.8. The van der Waals surface area contributed by atoms with Crippen LogP contribution in [0.15, 0.2) is 47.7 Å². The van der Waals surface area contributed by atoms with Crippen LogP contribution in [-0.2, 0) is 9.59 Å². The third kappa shape index (κ3) is 3.79. The third-order valence-corrected chi connectivity index (χ3v) is 6.22. The molecule has 1 aliphatic carbocycles. The summed E-state index contributed by atoms with van der Waals surface area (Å²) in [5, 5.41) is 2.96. The lowest BCUT2D eigenvalue weighted by Gasteiger charge is -2.35. The van der Waals surface area contributed by atoms with Crippen LogP contribution in [0.5, 0.6) is 23.0 Å². The van der Waals surface area contributed by atoms with Gasteiger partial charge in [-0.15, -0.1) is 0 Å². The number of para-hydroxylation sites is 1. The quantitative estimate of drug-likeness (QED) is 0.742. The zero-order valence-corrected chi connectivity index (χ0v) is 18.7. The molecule has 2 aromatic carbocycles. The molecule has 1 heterocycles. The van der Waals surface area contributed by atoms with Crippen molar-refractivity contribution in [1.29, 1.82) is 0 Å². The summed E-state index contributed by atoms with van der Waals surface area (Å²) >= 11 is 0. The van der Waals surface area contributed by atoms with Crippen LogP contribution >= 0.6 is 0 Å². The standard InChI is InChI=1S/C25H27NO6/c1-29-20-9-8-14(12-22(20)31-3)15-10-18-24(19(27)11-15)17(13-23(28)26-18)16-6-5-7-21(30-2)25(16)32-4/h5-9,12,15,17H,10-11,13H2,1-4H3,(H,26,28)/t15-,17+/m1/s1. The first-order chi connectivity index (χ1) is 15.5. The summed E-state index contributed by atoms with van der Waals surface area (Å²) in [6, 6.07) is 11.2. The van der Waals surface area contributed by atoms with Gasteiger partial charge in [0.2, 0.25) is 5.91 Å². The average Bonchev–Trinajstić information content (AvgIpc) is 2.81. The zero-order valence-electron chi connectivity index (χ0n) is 18.7. The first-order valence-electron chi connectivity index (χ1n) is 10.5. The van der Waals surface area contributed by atoms with Gasteiger partial charge in [-0.05, 0) is 36.1 Å². The molecule has 0 saturated heterocycles. The van der Waals surface area contributed by atoms with Crippen LogP contribution in [0.4, 0.5) is 0 Å². The van der Waals surface area contributed by atoms with E-state index in [1.165, 1.54) is 0 Å². The molecule has 0 radical (unpaired) electrons. The summed E-state index contributed by atoms with van der Waals surface area (Å²) in [6.45, 7) is 0. The van der Waals surface area contributed by atoms with Gasteiger partial charge in [-0.3, -0.25) is 9.59 Å². The van der Waals surface area contributed by atoms with Crippen LogP contribution in [0.1, 0.15) is 42.2 Å². The number of amides is 1. The molecule has 0 bridgehead atoms. The Morgan fingerprint density at radius 2 is 1.56 bits per heavy atom. The Bertz CT molecular complexity index is 1090. The number of benzene rings is 2. The van der Waals surface area contributed by atoms with Crippen molar-refractivity contribution in [2.75, 3.05) is 28.4 Å². The highest BCUT2D eigenvalue weighted by molar-refractivity contribution is 6.02. The highest BCUT2D eigenvalue weighted by Crippen LogP contribution is 2.47. The van der Waals surface area contributed by atoms with E-state index in [9.17, 15) is 9.59 Å². The number of ketones is 1. The second-order valence-electron chi connectivity index (χ2n) is 7.92. The summed E-state index contributed by atoms with van der Waals surface area (Å²) in [5.41, 5.74) is 3.10. The average molecular weight is 437 g/mol. The van der Waals surface area contributed by atoms with Crippen molar-refractivity contribution in [1.82, 2.24) is 5.32 Å². The van der Waals surface area contributed by atoms with Crippen molar-refractivity contribution < 1.29 is 28.5 Å². The Labute approximate surface area is 187 Å². The molecule has 7 nitrogen and oxygen atoms in total. The maximum Gasteiger partial charge on any atom is 0.225 e. The lowest BCUT2D eigenvalue weighted by molar-refractivity contribution is -0.122. The molecule has 0 unspecified atom stereocenters. The van der Waals surface area contributed by atoms with Crippen LogP contribution in [0.25, 0.3) is 0 Å². The molecule has 0 aromatic heterocycles. The minimum Gasteiger partial charge on any atom is -0.493 e. The number of allylic oxidation sites excluding steroid dienone is 2. The number of carbonyl (C=O) groups is 2. The van der Waals surface area contributed by atoms with Gasteiger partial charge in [-0.1, -0.05) is 18.2 Å². The van der Waals surface area contributed by atoms with Gasteiger partial charge >= 0.3 is 0 Å². The maximum atomic E-state index is 13.4. The molecule has 7 heteroatoms. The van der Waals surface area contributed by atoms with Crippen molar-refractivity contribution in [3.8, 4) is 23.0 Å². The van der Waals surface area contributed by atoms with Gasteiger partial charge in [-0.25, -0.2) is 0 Å². The normalized spacial score (nSPS) is 20.4. The van der Waals surface area contributed by atoms with Crippen molar-refractivity contribution in [2.45, 2.75) is 31.1 Å². The predicted molar refractivity (Wildman–Crippen MR) is 119 cm³/mol. The van der Waals surface area contributed by atoms with Crippen LogP contribution in [0, 0.1) is 0 Å². The SMILES string of the molecule is COc1ccc([C@H]2CC(=O)C3=C(C2)NC(=O)C[C@H]3c2cccc(OC)c2OC)cc1OC. The number of rotatable bonds is 6. The first kappa shape index (κ1) is 21.7. The number of ether oxygens (including phenoxy) is 4. The summed E-state index contributed by atoms with van der Waals surface area (Å²) < 4.78 is 21.8. The second kappa shape index (κ2) is 8.94. The summed E-state index contributed by atoms with van der Waals surface area (Å²) in [4.78, 5) is 26.0. The molecule has 32 heavy (non-hydrogen) atoms. The second-order valence-corrected chi connectivity index (χ2v) is 7.92. The van der Waals surface area contributed by atoms with Crippen molar-refractivity contribution in [2.24, 2.45) is 0 Å². The number of carbonyl (C=O) groups excluding carboxylic acids is 2. The van der Waals surface area contributed by atoms with Crippen molar-refractivity contribution >= 4 is 11.7 Å². The van der Waals surface area contributed by atoms with Gasteiger partial charge in [-0.2, -0.15) is 0 Å². The van der Waals surface area contributed by atoms with Gasteiger partial charge < -0.3 is 24.3 Å². The van der Waals surface area contributed by atoms with Gasteiger partial charge in [0.05, 0.1) is 28.4 Å². The number of hydrogen-bond acceptors (Lipinski definition) is 6. The van der Waals surface area contributed by atoms with E-state index in [-0.39, 0.29) is 29.9 Å². The molecule has 4 rings (SSSR count). The molecule has 168 valence electrons. The fourth-order valence-electron chi connectivity index (χ4n) is 4.75. The van der Waals surface area contributed by atoms with Crippen LogP contribution in [0.3, 0.4) is 0 Å². The Hall–Kier alpha value is -3.48. The molecular formula is C25H27NO6. The number of nitrogens with one attached hydrogen (secondary N) is 1. The first-order valence-corrected chi connectivity index (χ1v) is 10.5. The van der Waals surface area contributed by atoms with E-state index in [0.717, 1.165) is 11.1 Å². The number of Topliss-reactive ketones (excluding diaryl/α,β-unsaturated/α-hetero) is 1. The fraction of sp³-hybridized carbons (Fsp3) is 0.360. The van der Waals surface area contributed by atoms with E-state index in [4.69, 9.17) is 18.9 Å². The Morgan fingerprint density at radius 3 is 2.25 bits per heavy atom. The number of methoxy groups -OCH3 is 4. The number of hydrogen-bond donors (Lipinski definition) is 1. The highest BCUT2D eigenvalue weighted by atomic mass is 16.5. The van der Waals surface area contributed by atoms with Gasteiger partial charge in [0.15, 0.2) is 28.8 Å². The summed E-state index contributed by atoms with van der Waals surface area (Å²) in [5.74, 6) is 1.86. The van der Waals surface area contributed by atoms with Crippen molar-refractivity contribution in [3.05, 3.63) is 58.8 Å². The Morgan fingerprint density at radius 1 is 0.812 bits per heavy atom. The molecule has 2 aliphatic rings. The van der Waals surface area contributed by atoms with Gasteiger partial charge in [0, 0.05) is 35.6 Å². The molecular weight excluding hydrogens is 410 g/mol. The van der Waals surface area contributed by atoms with Crippen LogP contribution in [0.2, 0.25) is 0 Å². The van der Waals surface area contributed by atoms with Crippen LogP contribution < -0.4 is 24.3 Å². The van der Waals surface area contributed by atoms with E-state index < -0.39 is 0 Å². The van der Waals surface area contributed by atoms with E-state index in [2.05, 4.69) is 5.32 Å². The largest absolute Gasteiger partial charge is 0.493 e. The Balaban J connectivity index is 1.73. The minimum absolute atomic E-state index is 0.0286. The third-order valence-electron chi connectivity index (χ3n) is 6.22. The fourth-order valence-corrected chi connectivity index (χ4v) is 4.75. The summed E-state index contributed by atoms with van der Waals surface area (Å²) in [6.07, 6.45) is 1.10. The molecule has 0 fully saturated rings. The lowest BCUT2D eigenvalue weighted by Crippen LogP contribution is -2.38. The molecule has 1 N–H and O–H groups in total. The van der Waals surface area contributed by atoms with E-state index in [1.54, 1.807) is 34.5 Å². The topological polar surface area (TPSA) is 83.1 Å². The highest BCUT2D eigenvalue weighted by Gasteiger charge is 2.39.